The van der Waals surface area contributed by atoms with E-state index in [2.05, 4.69) is 20.7 Å². The number of nitrogens with one attached hydrogen (secondary N) is 3. The van der Waals surface area contributed by atoms with Crippen LogP contribution in [0.1, 0.15) is 18.5 Å². The SMILES string of the molecule is Cn1nccc1-c1cnc(CC=N)c(Oc2ccc(NC(=O)C3(C(=O)Nc4ccc(F)cc4)CC3)cc2F)c1. The molecule has 2 amide bonds. The second-order valence-corrected chi connectivity index (χ2v) is 9.16. The van der Waals surface area contributed by atoms with E-state index in [1.807, 2.05) is 6.07 Å². The minimum atomic E-state index is -1.28. The lowest BCUT2D eigenvalue weighted by Gasteiger charge is -2.16. The summed E-state index contributed by atoms with van der Waals surface area (Å²) >= 11 is 0. The van der Waals surface area contributed by atoms with E-state index in [1.165, 1.54) is 42.6 Å². The first-order valence-corrected chi connectivity index (χ1v) is 12.1. The predicted molar refractivity (Wildman–Crippen MR) is 141 cm³/mol. The number of carbonyl (C=O) groups excluding carboxylic acids is 2. The van der Waals surface area contributed by atoms with Crippen LogP contribution < -0.4 is 15.4 Å². The third-order valence-electron chi connectivity index (χ3n) is 6.47. The highest BCUT2D eigenvalue weighted by Gasteiger charge is 2.56. The Bertz CT molecular complexity index is 1560. The molecule has 2 aromatic heterocycles. The standard InChI is InChI=1S/C28H24F2N6O3/c1-36-23(9-13-33-36)17-14-25(22(8-12-31)32-16-17)39-24-7-6-20(15-21(24)30)35-27(38)28(10-11-28)26(37)34-19-4-2-18(29)3-5-19/h2-7,9,12-16,31H,8,10-11H2,1H3,(H,34,37)(H,35,38). The average Bonchev–Trinajstić information content (AvgIpc) is 3.63. The van der Waals surface area contributed by atoms with Gasteiger partial charge < -0.3 is 20.8 Å². The fourth-order valence-corrected chi connectivity index (χ4v) is 4.11. The summed E-state index contributed by atoms with van der Waals surface area (Å²) in [5.41, 5.74) is 1.20. The Kier molecular flexibility index (Phi) is 6.88. The van der Waals surface area contributed by atoms with Crippen molar-refractivity contribution in [2.45, 2.75) is 19.3 Å². The predicted octanol–water partition coefficient (Wildman–Crippen LogP) is 5.10. The van der Waals surface area contributed by atoms with Crippen molar-refractivity contribution in [1.29, 1.82) is 5.41 Å². The summed E-state index contributed by atoms with van der Waals surface area (Å²) in [5, 5.41) is 16.8. The highest BCUT2D eigenvalue weighted by molar-refractivity contribution is 6.16. The van der Waals surface area contributed by atoms with E-state index >= 15 is 4.39 Å². The number of halogens is 2. The minimum absolute atomic E-state index is 0.0987. The van der Waals surface area contributed by atoms with Gasteiger partial charge in [0.15, 0.2) is 11.6 Å². The molecule has 2 aromatic carbocycles. The zero-order valence-corrected chi connectivity index (χ0v) is 20.9. The maximum absolute atomic E-state index is 15.1. The van der Waals surface area contributed by atoms with E-state index in [0.29, 0.717) is 29.8 Å². The summed E-state index contributed by atoms with van der Waals surface area (Å²) in [6.07, 6.45) is 5.33. The van der Waals surface area contributed by atoms with Gasteiger partial charge in [0.05, 0.1) is 11.4 Å². The quantitative estimate of drug-likeness (QED) is 0.205. The molecular formula is C28H24F2N6O3. The van der Waals surface area contributed by atoms with Crippen LogP contribution in [0.5, 0.6) is 11.5 Å². The monoisotopic (exact) mass is 530 g/mol. The number of benzene rings is 2. The Morgan fingerprint density at radius 2 is 1.72 bits per heavy atom. The summed E-state index contributed by atoms with van der Waals surface area (Å²) in [6.45, 7) is 0. The normalized spacial score (nSPS) is 13.4. The van der Waals surface area contributed by atoms with E-state index in [0.717, 1.165) is 11.8 Å². The van der Waals surface area contributed by atoms with Crippen molar-refractivity contribution in [3.05, 3.63) is 84.3 Å². The number of carbonyl (C=O) groups is 2. The van der Waals surface area contributed by atoms with Gasteiger partial charge in [-0.1, -0.05) is 0 Å². The maximum Gasteiger partial charge on any atom is 0.240 e. The molecule has 0 spiro atoms. The molecule has 39 heavy (non-hydrogen) atoms. The van der Waals surface area contributed by atoms with E-state index < -0.39 is 28.9 Å². The van der Waals surface area contributed by atoms with Gasteiger partial charge in [0.25, 0.3) is 0 Å². The second kappa shape index (κ2) is 10.4. The smallest absolute Gasteiger partial charge is 0.240 e. The van der Waals surface area contributed by atoms with Crippen molar-refractivity contribution in [1.82, 2.24) is 14.8 Å². The molecular weight excluding hydrogens is 506 g/mol. The summed E-state index contributed by atoms with van der Waals surface area (Å²) in [5.74, 6) is -2.06. The fourth-order valence-electron chi connectivity index (χ4n) is 4.11. The number of amides is 2. The molecule has 1 aliphatic carbocycles. The second-order valence-electron chi connectivity index (χ2n) is 9.16. The third kappa shape index (κ3) is 5.37. The molecule has 0 unspecified atom stereocenters. The number of aryl methyl sites for hydroxylation is 1. The molecule has 198 valence electrons. The van der Waals surface area contributed by atoms with Gasteiger partial charge in [0, 0.05) is 55.1 Å². The molecule has 2 heterocycles. The number of nitrogens with zero attached hydrogens (tertiary/aromatic N) is 3. The summed E-state index contributed by atoms with van der Waals surface area (Å²) < 4.78 is 35.7. The molecule has 0 saturated heterocycles. The number of aromatic nitrogens is 3. The maximum atomic E-state index is 15.1. The molecule has 4 aromatic rings. The van der Waals surface area contributed by atoms with Crippen LogP contribution in [0.15, 0.2) is 67.0 Å². The molecule has 9 nitrogen and oxygen atoms in total. The van der Waals surface area contributed by atoms with Crippen molar-refractivity contribution in [2.24, 2.45) is 12.5 Å². The van der Waals surface area contributed by atoms with Crippen LogP contribution in [0.4, 0.5) is 20.2 Å². The highest BCUT2D eigenvalue weighted by atomic mass is 19.1. The molecule has 0 bridgehead atoms. The number of pyridine rings is 1. The molecule has 5 rings (SSSR count). The average molecular weight is 531 g/mol. The van der Waals surface area contributed by atoms with Gasteiger partial charge >= 0.3 is 0 Å². The molecule has 0 aliphatic heterocycles. The van der Waals surface area contributed by atoms with E-state index in [9.17, 15) is 14.0 Å². The summed E-state index contributed by atoms with van der Waals surface area (Å²) in [6, 6.07) is 12.7. The minimum Gasteiger partial charge on any atom is -0.452 e. The number of anilines is 2. The van der Waals surface area contributed by atoms with Gasteiger partial charge in [-0.25, -0.2) is 8.78 Å². The number of hydrogen-bond donors (Lipinski definition) is 3. The van der Waals surface area contributed by atoms with Crippen molar-refractivity contribution < 1.29 is 23.1 Å². The first-order chi connectivity index (χ1) is 18.8. The van der Waals surface area contributed by atoms with Crippen LogP contribution in [0.3, 0.4) is 0 Å². The fraction of sp³-hybridized carbons (Fsp3) is 0.179. The van der Waals surface area contributed by atoms with Crippen LogP contribution in [-0.2, 0) is 23.1 Å². The van der Waals surface area contributed by atoms with Crippen molar-refractivity contribution in [3.8, 4) is 22.8 Å². The van der Waals surface area contributed by atoms with Crippen LogP contribution in [0, 0.1) is 22.5 Å². The molecule has 11 heteroatoms. The number of hydrogen-bond acceptors (Lipinski definition) is 6. The lowest BCUT2D eigenvalue weighted by atomic mass is 10.0. The van der Waals surface area contributed by atoms with Crippen molar-refractivity contribution in [3.63, 3.8) is 0 Å². The lowest BCUT2D eigenvalue weighted by molar-refractivity contribution is -0.131. The number of rotatable bonds is 9. The Morgan fingerprint density at radius 3 is 2.33 bits per heavy atom. The zero-order chi connectivity index (χ0) is 27.6. The van der Waals surface area contributed by atoms with Gasteiger partial charge in [-0.15, -0.1) is 0 Å². The van der Waals surface area contributed by atoms with Gasteiger partial charge in [-0.3, -0.25) is 19.3 Å². The van der Waals surface area contributed by atoms with E-state index in [4.69, 9.17) is 10.1 Å². The summed E-state index contributed by atoms with van der Waals surface area (Å²) in [7, 11) is 1.78. The highest BCUT2D eigenvalue weighted by Crippen LogP contribution is 2.47. The van der Waals surface area contributed by atoms with Gasteiger partial charge in [-0.05, 0) is 61.4 Å². The Balaban J connectivity index is 1.31. The van der Waals surface area contributed by atoms with Gasteiger partial charge in [-0.2, -0.15) is 5.10 Å². The Morgan fingerprint density at radius 1 is 1.03 bits per heavy atom. The topological polar surface area (TPSA) is 122 Å². The van der Waals surface area contributed by atoms with Crippen molar-refractivity contribution in [2.75, 3.05) is 10.6 Å². The lowest BCUT2D eigenvalue weighted by Crippen LogP contribution is -2.35. The zero-order valence-electron chi connectivity index (χ0n) is 20.9. The molecule has 1 fully saturated rings. The molecule has 1 saturated carbocycles. The van der Waals surface area contributed by atoms with Crippen molar-refractivity contribution >= 4 is 29.4 Å². The van der Waals surface area contributed by atoms with Crippen LogP contribution in [0.25, 0.3) is 11.3 Å². The summed E-state index contributed by atoms with van der Waals surface area (Å²) in [4.78, 5) is 30.1. The first kappa shape index (κ1) is 25.7. The molecule has 0 radical (unpaired) electrons. The Labute approximate surface area is 222 Å². The van der Waals surface area contributed by atoms with Crippen LogP contribution >= 0.6 is 0 Å². The molecule has 1 aliphatic rings. The van der Waals surface area contributed by atoms with Gasteiger partial charge in [0.1, 0.15) is 17.0 Å². The molecule has 3 N–H and O–H groups in total. The third-order valence-corrected chi connectivity index (χ3v) is 6.47. The van der Waals surface area contributed by atoms with E-state index in [1.54, 1.807) is 30.2 Å². The Hall–Kier alpha value is -4.93. The molecule has 0 atom stereocenters. The largest absolute Gasteiger partial charge is 0.452 e. The van der Waals surface area contributed by atoms with Crippen LogP contribution in [-0.4, -0.2) is 32.8 Å². The van der Waals surface area contributed by atoms with E-state index in [-0.39, 0.29) is 23.6 Å². The van der Waals surface area contributed by atoms with Gasteiger partial charge in [0.2, 0.25) is 11.8 Å². The number of ether oxygens (including phenoxy) is 1. The van der Waals surface area contributed by atoms with Crippen LogP contribution in [0.2, 0.25) is 0 Å². The first-order valence-electron chi connectivity index (χ1n) is 12.1.